The summed E-state index contributed by atoms with van der Waals surface area (Å²) in [6, 6.07) is 0. The van der Waals surface area contributed by atoms with Crippen molar-refractivity contribution < 1.29 is 28.3 Å². The maximum Gasteiger partial charge on any atom is 0.510 e. The Labute approximate surface area is 89.1 Å². The first-order valence-corrected chi connectivity index (χ1v) is 6.40. The van der Waals surface area contributed by atoms with Crippen molar-refractivity contribution in [3.8, 4) is 0 Å². The van der Waals surface area contributed by atoms with Crippen molar-refractivity contribution in [3.05, 3.63) is 0 Å². The van der Waals surface area contributed by atoms with E-state index in [9.17, 15) is 9.36 Å². The molecule has 0 spiro atoms. The molecule has 0 fully saturated rings. The highest BCUT2D eigenvalue weighted by Crippen LogP contribution is 2.42. The molecule has 0 amide bonds. The van der Waals surface area contributed by atoms with Gasteiger partial charge in [-0.15, -0.1) is 0 Å². The molecule has 0 saturated carbocycles. The first kappa shape index (κ1) is 14.4. The summed E-state index contributed by atoms with van der Waals surface area (Å²) in [4.78, 5) is 20.0. The van der Waals surface area contributed by atoms with E-state index in [0.717, 1.165) is 0 Å². The van der Waals surface area contributed by atoms with Crippen LogP contribution < -0.4 is 0 Å². The predicted octanol–water partition coefficient (Wildman–Crippen LogP) is 2.12. The molecule has 0 aromatic carbocycles. The molecule has 2 atom stereocenters. The maximum atomic E-state index is 11.1. The van der Waals surface area contributed by atoms with Crippen molar-refractivity contribution in [2.45, 2.75) is 40.1 Å². The Kier molecular flexibility index (Phi) is 5.87. The second-order valence-corrected chi connectivity index (χ2v) is 5.28. The predicted molar refractivity (Wildman–Crippen MR) is 53.6 cm³/mol. The van der Waals surface area contributed by atoms with Crippen LogP contribution in [0, 0.1) is 0 Å². The minimum absolute atomic E-state index is 0.0417. The van der Waals surface area contributed by atoms with Crippen LogP contribution in [0.5, 0.6) is 0 Å². The van der Waals surface area contributed by atoms with Crippen LogP contribution in [-0.2, 0) is 18.6 Å². The SMILES string of the molecule is CCP(=O)(O)OC(C)OC(=O)OC(C)C. The van der Waals surface area contributed by atoms with Crippen molar-refractivity contribution in [2.75, 3.05) is 6.16 Å². The molecule has 1 N–H and O–H groups in total. The average molecular weight is 240 g/mol. The van der Waals surface area contributed by atoms with Crippen LogP contribution in [0.25, 0.3) is 0 Å². The van der Waals surface area contributed by atoms with Crippen molar-refractivity contribution in [2.24, 2.45) is 0 Å². The fourth-order valence-corrected chi connectivity index (χ4v) is 1.34. The first-order chi connectivity index (χ1) is 6.76. The number of carbonyl (C=O) groups is 1. The van der Waals surface area contributed by atoms with E-state index in [0.29, 0.717) is 0 Å². The van der Waals surface area contributed by atoms with Gasteiger partial charge in [0.25, 0.3) is 0 Å². The topological polar surface area (TPSA) is 82.1 Å². The molecule has 0 aliphatic rings. The van der Waals surface area contributed by atoms with E-state index in [1.165, 1.54) is 13.8 Å². The number of carbonyl (C=O) groups excluding carboxylic acids is 1. The summed E-state index contributed by atoms with van der Waals surface area (Å²) in [5.74, 6) is 0. The molecule has 90 valence electrons. The van der Waals surface area contributed by atoms with Crippen molar-refractivity contribution in [1.29, 1.82) is 0 Å². The van der Waals surface area contributed by atoms with Crippen molar-refractivity contribution in [3.63, 3.8) is 0 Å². The molecule has 6 nitrogen and oxygen atoms in total. The van der Waals surface area contributed by atoms with E-state index in [2.05, 4.69) is 14.0 Å². The summed E-state index contributed by atoms with van der Waals surface area (Å²) in [5.41, 5.74) is 0. The summed E-state index contributed by atoms with van der Waals surface area (Å²) in [7, 11) is -3.65. The van der Waals surface area contributed by atoms with Gasteiger partial charge in [0.05, 0.1) is 6.10 Å². The van der Waals surface area contributed by atoms with Crippen LogP contribution in [0.4, 0.5) is 4.79 Å². The van der Waals surface area contributed by atoms with E-state index >= 15 is 0 Å². The van der Waals surface area contributed by atoms with Gasteiger partial charge in [0.15, 0.2) is 0 Å². The third-order valence-electron chi connectivity index (χ3n) is 1.31. The number of hydrogen-bond acceptors (Lipinski definition) is 5. The Morgan fingerprint density at radius 1 is 1.33 bits per heavy atom. The van der Waals surface area contributed by atoms with Gasteiger partial charge < -0.3 is 14.4 Å². The maximum absolute atomic E-state index is 11.1. The molecule has 15 heavy (non-hydrogen) atoms. The van der Waals surface area contributed by atoms with Gasteiger partial charge in [-0.05, 0) is 20.8 Å². The molecule has 0 aliphatic carbocycles. The summed E-state index contributed by atoms with van der Waals surface area (Å²) >= 11 is 0. The zero-order valence-electron chi connectivity index (χ0n) is 9.30. The fraction of sp³-hybridized carbons (Fsp3) is 0.875. The zero-order chi connectivity index (χ0) is 12.1. The molecule has 0 bridgehead atoms. The van der Waals surface area contributed by atoms with Crippen molar-refractivity contribution >= 4 is 13.8 Å². The lowest BCUT2D eigenvalue weighted by molar-refractivity contribution is -0.0638. The minimum Gasteiger partial charge on any atom is -0.432 e. The van der Waals surface area contributed by atoms with Gasteiger partial charge in [-0.2, -0.15) is 0 Å². The van der Waals surface area contributed by atoms with E-state index in [4.69, 9.17) is 4.89 Å². The minimum atomic E-state index is -3.65. The molecule has 0 heterocycles. The molecule has 0 radical (unpaired) electrons. The fourth-order valence-electron chi connectivity index (χ4n) is 0.684. The lowest BCUT2D eigenvalue weighted by atomic mass is 10.5. The number of ether oxygens (including phenoxy) is 2. The average Bonchev–Trinajstić information content (AvgIpc) is 2.00. The van der Waals surface area contributed by atoms with E-state index in [1.54, 1.807) is 13.8 Å². The molecule has 0 rings (SSSR count). The van der Waals surface area contributed by atoms with E-state index < -0.39 is 20.0 Å². The summed E-state index contributed by atoms with van der Waals surface area (Å²) in [5, 5.41) is 0. The van der Waals surface area contributed by atoms with Gasteiger partial charge in [0, 0.05) is 6.16 Å². The Balaban J connectivity index is 3.99. The standard InChI is InChI=1S/C8H17O6P/c1-5-15(10,11)14-7(4)13-8(9)12-6(2)3/h6-7H,5H2,1-4H3,(H,10,11). The number of rotatable bonds is 5. The molecule has 0 aliphatic heterocycles. The Bertz CT molecular complexity index is 252. The van der Waals surface area contributed by atoms with Crippen LogP contribution >= 0.6 is 7.60 Å². The second-order valence-electron chi connectivity index (χ2n) is 3.16. The highest BCUT2D eigenvalue weighted by Gasteiger charge is 2.23. The molecule has 0 aromatic rings. The lowest BCUT2D eigenvalue weighted by Gasteiger charge is -2.17. The Morgan fingerprint density at radius 3 is 2.27 bits per heavy atom. The Hall–Kier alpha value is -0.580. The molecule has 7 heteroatoms. The molecule has 0 aromatic heterocycles. The van der Waals surface area contributed by atoms with Gasteiger partial charge in [-0.25, -0.2) is 4.79 Å². The highest BCUT2D eigenvalue weighted by atomic mass is 31.2. The molecular weight excluding hydrogens is 223 g/mol. The summed E-state index contributed by atoms with van der Waals surface area (Å²) in [6.45, 7) is 6.17. The molecule has 0 saturated heterocycles. The lowest BCUT2D eigenvalue weighted by Crippen LogP contribution is -2.20. The van der Waals surface area contributed by atoms with Crippen LogP contribution in [0.1, 0.15) is 27.7 Å². The van der Waals surface area contributed by atoms with E-state index in [1.807, 2.05) is 0 Å². The smallest absolute Gasteiger partial charge is 0.432 e. The van der Waals surface area contributed by atoms with Gasteiger partial charge in [-0.3, -0.25) is 9.09 Å². The highest BCUT2D eigenvalue weighted by molar-refractivity contribution is 7.52. The van der Waals surface area contributed by atoms with Gasteiger partial charge in [-0.1, -0.05) is 6.92 Å². The van der Waals surface area contributed by atoms with Gasteiger partial charge in [0.2, 0.25) is 6.29 Å². The third-order valence-corrected chi connectivity index (χ3v) is 2.73. The van der Waals surface area contributed by atoms with E-state index in [-0.39, 0.29) is 12.3 Å². The normalized spacial score (nSPS) is 16.9. The van der Waals surface area contributed by atoms with Crippen LogP contribution in [0.15, 0.2) is 0 Å². The number of hydrogen-bond donors (Lipinski definition) is 1. The van der Waals surface area contributed by atoms with Crippen LogP contribution in [-0.4, -0.2) is 29.6 Å². The monoisotopic (exact) mass is 240 g/mol. The summed E-state index contributed by atoms with van der Waals surface area (Å²) < 4.78 is 25.0. The largest absolute Gasteiger partial charge is 0.510 e. The molecule has 2 unspecified atom stereocenters. The third kappa shape index (κ3) is 7.36. The second kappa shape index (κ2) is 6.10. The molecular formula is C8H17O6P. The van der Waals surface area contributed by atoms with Gasteiger partial charge >= 0.3 is 13.8 Å². The zero-order valence-corrected chi connectivity index (χ0v) is 10.2. The van der Waals surface area contributed by atoms with Crippen LogP contribution in [0.2, 0.25) is 0 Å². The van der Waals surface area contributed by atoms with Gasteiger partial charge in [0.1, 0.15) is 0 Å². The quantitative estimate of drug-likeness (QED) is 0.450. The Morgan fingerprint density at radius 2 is 1.87 bits per heavy atom. The first-order valence-electron chi connectivity index (χ1n) is 4.64. The van der Waals surface area contributed by atoms with Crippen LogP contribution in [0.3, 0.4) is 0 Å². The van der Waals surface area contributed by atoms with Crippen molar-refractivity contribution in [1.82, 2.24) is 0 Å². The summed E-state index contributed by atoms with van der Waals surface area (Å²) in [6.07, 6.45) is -2.38.